The molecule has 2 rings (SSSR count). The number of pyridine rings is 1. The smallest absolute Gasteiger partial charge is 0.314 e. The van der Waals surface area contributed by atoms with Crippen LogP contribution in [0.2, 0.25) is 0 Å². The molecule has 6 heteroatoms. The summed E-state index contributed by atoms with van der Waals surface area (Å²) in [5.74, 6) is -2.24. The Bertz CT molecular complexity index is 593. The summed E-state index contributed by atoms with van der Waals surface area (Å²) in [5.41, 5.74) is 2.50. The number of aromatic nitrogens is 1. The van der Waals surface area contributed by atoms with Crippen LogP contribution in [0.3, 0.4) is 0 Å². The number of carboxylic acids is 2. The van der Waals surface area contributed by atoms with E-state index in [1.807, 2.05) is 12.3 Å². The number of hydrogen-bond donors (Lipinski definition) is 2. The van der Waals surface area contributed by atoms with E-state index in [0.29, 0.717) is 5.92 Å². The van der Waals surface area contributed by atoms with Crippen molar-refractivity contribution in [3.05, 3.63) is 66.0 Å². The summed E-state index contributed by atoms with van der Waals surface area (Å²) in [7, 11) is 4.22. The molecule has 1 aromatic heterocycles. The van der Waals surface area contributed by atoms with Gasteiger partial charge in [0.2, 0.25) is 0 Å². The normalized spacial score (nSPS) is 11.3. The van der Waals surface area contributed by atoms with E-state index in [4.69, 9.17) is 10.2 Å². The molecular formula is C19H24N2O4. The average molecular weight is 344 g/mol. The van der Waals surface area contributed by atoms with E-state index in [2.05, 4.69) is 66.4 Å². The highest BCUT2D eigenvalue weighted by atomic mass is 16.4. The molecule has 134 valence electrons. The Balaban J connectivity index is 0.000000381. The van der Waals surface area contributed by atoms with Crippen LogP contribution in [0.15, 0.2) is 54.7 Å². The maximum atomic E-state index is 9.43. The van der Waals surface area contributed by atoms with Gasteiger partial charge in [0.05, 0.1) is 0 Å². The van der Waals surface area contributed by atoms with Crippen molar-refractivity contribution in [1.29, 1.82) is 0 Å². The van der Waals surface area contributed by atoms with Crippen LogP contribution in [-0.2, 0) is 9.59 Å². The first-order chi connectivity index (χ1) is 11.9. The van der Waals surface area contributed by atoms with Gasteiger partial charge in [-0.1, -0.05) is 36.4 Å². The zero-order valence-corrected chi connectivity index (χ0v) is 14.5. The summed E-state index contributed by atoms with van der Waals surface area (Å²) in [6, 6.07) is 16.8. The van der Waals surface area contributed by atoms with E-state index in [0.717, 1.165) is 18.7 Å². The summed E-state index contributed by atoms with van der Waals surface area (Å²) < 4.78 is 0. The predicted molar refractivity (Wildman–Crippen MR) is 95.6 cm³/mol. The van der Waals surface area contributed by atoms with Gasteiger partial charge in [0, 0.05) is 17.8 Å². The molecule has 0 aliphatic heterocycles. The Kier molecular flexibility index (Phi) is 8.89. The fourth-order valence-electron chi connectivity index (χ4n) is 2.27. The first kappa shape index (κ1) is 20.3. The topological polar surface area (TPSA) is 90.7 Å². The Hall–Kier alpha value is -2.73. The number of carbonyl (C=O) groups is 2. The molecule has 1 atom stereocenters. The van der Waals surface area contributed by atoms with E-state index < -0.39 is 18.4 Å². The molecule has 6 nitrogen and oxygen atoms in total. The molecule has 1 unspecified atom stereocenters. The number of rotatable bonds is 7. The Morgan fingerprint density at radius 2 is 1.60 bits per heavy atom. The van der Waals surface area contributed by atoms with Crippen molar-refractivity contribution in [2.45, 2.75) is 18.8 Å². The number of hydrogen-bond acceptors (Lipinski definition) is 4. The van der Waals surface area contributed by atoms with E-state index in [1.165, 1.54) is 5.56 Å². The van der Waals surface area contributed by atoms with Crippen molar-refractivity contribution in [3.63, 3.8) is 0 Å². The number of benzene rings is 1. The van der Waals surface area contributed by atoms with Gasteiger partial charge in [-0.05, 0) is 44.8 Å². The lowest BCUT2D eigenvalue weighted by Gasteiger charge is -2.19. The number of nitrogens with zero attached hydrogens (tertiary/aromatic N) is 2. The van der Waals surface area contributed by atoms with Crippen LogP contribution in [0.4, 0.5) is 0 Å². The average Bonchev–Trinajstić information content (AvgIpc) is 2.56. The van der Waals surface area contributed by atoms with Crippen LogP contribution in [0.5, 0.6) is 0 Å². The minimum absolute atomic E-state index is 0.384. The van der Waals surface area contributed by atoms with Crippen LogP contribution in [0, 0.1) is 0 Å². The largest absolute Gasteiger partial charge is 0.481 e. The van der Waals surface area contributed by atoms with Crippen molar-refractivity contribution in [1.82, 2.24) is 9.88 Å². The summed E-state index contributed by atoms with van der Waals surface area (Å²) in [6.45, 7) is 1.07. The molecule has 2 aromatic rings. The highest BCUT2D eigenvalue weighted by Gasteiger charge is 2.14. The third-order valence-electron chi connectivity index (χ3n) is 3.41. The van der Waals surface area contributed by atoms with Gasteiger partial charge in [0.25, 0.3) is 0 Å². The van der Waals surface area contributed by atoms with Gasteiger partial charge in [-0.2, -0.15) is 0 Å². The van der Waals surface area contributed by atoms with Crippen molar-refractivity contribution in [3.8, 4) is 0 Å². The maximum absolute atomic E-state index is 9.43. The predicted octanol–water partition coefficient (Wildman–Crippen LogP) is 2.71. The monoisotopic (exact) mass is 344 g/mol. The lowest BCUT2D eigenvalue weighted by molar-refractivity contribution is -0.147. The van der Waals surface area contributed by atoms with Crippen molar-refractivity contribution in [2.75, 3.05) is 20.6 Å². The molecular weight excluding hydrogens is 320 g/mol. The molecule has 2 N–H and O–H groups in total. The van der Waals surface area contributed by atoms with E-state index in [9.17, 15) is 9.59 Å². The second kappa shape index (κ2) is 10.9. The summed E-state index contributed by atoms with van der Waals surface area (Å²) in [4.78, 5) is 25.6. The zero-order valence-electron chi connectivity index (χ0n) is 14.5. The molecule has 0 bridgehead atoms. The first-order valence-corrected chi connectivity index (χ1v) is 7.94. The molecule has 25 heavy (non-hydrogen) atoms. The second-order valence-electron chi connectivity index (χ2n) is 5.77. The van der Waals surface area contributed by atoms with Gasteiger partial charge in [0.15, 0.2) is 0 Å². The van der Waals surface area contributed by atoms with Crippen molar-refractivity contribution >= 4 is 11.9 Å². The van der Waals surface area contributed by atoms with Gasteiger partial charge in [-0.25, -0.2) is 0 Å². The molecule has 0 aliphatic rings. The Labute approximate surface area is 147 Å². The van der Waals surface area contributed by atoms with Crippen LogP contribution in [0.1, 0.15) is 30.0 Å². The summed E-state index contributed by atoms with van der Waals surface area (Å²) in [5, 5.41) is 15.4. The fraction of sp³-hybridized carbons (Fsp3) is 0.316. The SMILES string of the molecule is CN(C)CCC(c1ccccc1)c1ccccn1.O=C(O)CC(=O)O. The summed E-state index contributed by atoms with van der Waals surface area (Å²) >= 11 is 0. The Morgan fingerprint density at radius 3 is 2.04 bits per heavy atom. The number of carboxylic acid groups (broad SMARTS) is 2. The van der Waals surface area contributed by atoms with Gasteiger partial charge in [-0.15, -0.1) is 0 Å². The molecule has 0 radical (unpaired) electrons. The highest BCUT2D eigenvalue weighted by Crippen LogP contribution is 2.26. The zero-order chi connectivity index (χ0) is 18.7. The van der Waals surface area contributed by atoms with Crippen molar-refractivity contribution < 1.29 is 19.8 Å². The molecule has 0 spiro atoms. The lowest BCUT2D eigenvalue weighted by atomic mass is 9.92. The third-order valence-corrected chi connectivity index (χ3v) is 3.41. The van der Waals surface area contributed by atoms with Gasteiger partial charge in [0.1, 0.15) is 6.42 Å². The van der Waals surface area contributed by atoms with E-state index in [-0.39, 0.29) is 0 Å². The third kappa shape index (κ3) is 8.62. The minimum Gasteiger partial charge on any atom is -0.481 e. The van der Waals surface area contributed by atoms with Crippen LogP contribution in [-0.4, -0.2) is 52.7 Å². The van der Waals surface area contributed by atoms with E-state index >= 15 is 0 Å². The fourth-order valence-corrected chi connectivity index (χ4v) is 2.27. The molecule has 0 amide bonds. The molecule has 1 heterocycles. The lowest BCUT2D eigenvalue weighted by Crippen LogP contribution is -2.17. The quantitative estimate of drug-likeness (QED) is 0.751. The second-order valence-corrected chi connectivity index (χ2v) is 5.77. The standard InChI is InChI=1S/C16H20N2.C3H4O4/c1-18(2)13-11-15(14-8-4-3-5-9-14)16-10-6-7-12-17-16;4-2(5)1-3(6)7/h3-10,12,15H,11,13H2,1-2H3;1H2,(H,4,5)(H,6,7). The van der Waals surface area contributed by atoms with Gasteiger partial charge in [-0.3, -0.25) is 14.6 Å². The molecule has 0 fully saturated rings. The molecule has 0 saturated heterocycles. The molecule has 0 saturated carbocycles. The van der Waals surface area contributed by atoms with Gasteiger partial charge < -0.3 is 15.1 Å². The van der Waals surface area contributed by atoms with Crippen LogP contribution < -0.4 is 0 Å². The van der Waals surface area contributed by atoms with E-state index in [1.54, 1.807) is 0 Å². The van der Waals surface area contributed by atoms with Crippen LogP contribution >= 0.6 is 0 Å². The van der Waals surface area contributed by atoms with Gasteiger partial charge >= 0.3 is 11.9 Å². The molecule has 1 aromatic carbocycles. The number of aliphatic carboxylic acids is 2. The highest BCUT2D eigenvalue weighted by molar-refractivity contribution is 5.88. The Morgan fingerprint density at radius 1 is 1.00 bits per heavy atom. The molecule has 0 aliphatic carbocycles. The van der Waals surface area contributed by atoms with Crippen molar-refractivity contribution in [2.24, 2.45) is 0 Å². The first-order valence-electron chi connectivity index (χ1n) is 7.94. The van der Waals surface area contributed by atoms with Crippen LogP contribution in [0.25, 0.3) is 0 Å². The minimum atomic E-state index is -1.31. The maximum Gasteiger partial charge on any atom is 0.314 e. The summed E-state index contributed by atoms with van der Waals surface area (Å²) in [6.07, 6.45) is 2.16.